The first-order valence-electron chi connectivity index (χ1n) is 11.3. The van der Waals surface area contributed by atoms with Crippen LogP contribution in [-0.2, 0) is 20.1 Å². The predicted molar refractivity (Wildman–Crippen MR) is 128 cm³/mol. The maximum absolute atomic E-state index is 14.2. The Morgan fingerprint density at radius 2 is 1.89 bits per heavy atom. The van der Waals surface area contributed by atoms with E-state index in [1.54, 1.807) is 32.0 Å². The van der Waals surface area contributed by atoms with E-state index < -0.39 is 18.2 Å². The highest BCUT2D eigenvalue weighted by Gasteiger charge is 2.62. The summed E-state index contributed by atoms with van der Waals surface area (Å²) in [6.45, 7) is 3.95. The van der Waals surface area contributed by atoms with Crippen molar-refractivity contribution in [2.24, 2.45) is 5.16 Å². The number of alkyl halides is 3. The van der Waals surface area contributed by atoms with Gasteiger partial charge < -0.3 is 4.84 Å². The maximum Gasteiger partial charge on any atom is 0.435 e. The fourth-order valence-electron chi connectivity index (χ4n) is 4.41. The van der Waals surface area contributed by atoms with E-state index in [-0.39, 0.29) is 52.0 Å². The van der Waals surface area contributed by atoms with Gasteiger partial charge >= 0.3 is 6.18 Å². The number of amides is 1. The van der Waals surface area contributed by atoms with E-state index in [0.29, 0.717) is 29.7 Å². The van der Waals surface area contributed by atoms with E-state index in [1.165, 1.54) is 11.1 Å². The molecule has 0 spiro atoms. The first-order valence-corrected chi connectivity index (χ1v) is 12.1. The van der Waals surface area contributed by atoms with Gasteiger partial charge in [-0.2, -0.15) is 13.2 Å². The summed E-state index contributed by atoms with van der Waals surface area (Å²) >= 11 is 11.9. The van der Waals surface area contributed by atoms with Crippen LogP contribution in [0.25, 0.3) is 0 Å². The average Bonchev–Trinajstić information content (AvgIpc) is 3.41. The van der Waals surface area contributed by atoms with Crippen molar-refractivity contribution >= 4 is 40.6 Å². The van der Waals surface area contributed by atoms with E-state index >= 15 is 0 Å². The molecule has 192 valence electrons. The molecule has 4 rings (SSSR count). The first-order chi connectivity index (χ1) is 16.9. The third-order valence-corrected chi connectivity index (χ3v) is 6.75. The zero-order chi connectivity index (χ0) is 26.3. The lowest BCUT2D eigenvalue weighted by molar-refractivity contribution is -0.275. The summed E-state index contributed by atoms with van der Waals surface area (Å²) in [4.78, 5) is 35.1. The first kappa shape index (κ1) is 26.4. The van der Waals surface area contributed by atoms with Crippen LogP contribution in [0.2, 0.25) is 10.0 Å². The van der Waals surface area contributed by atoms with Gasteiger partial charge in [-0.1, -0.05) is 40.5 Å². The van der Waals surface area contributed by atoms with E-state index in [0.717, 1.165) is 12.1 Å². The number of hydrogen-bond acceptors (Lipinski definition) is 5. The summed E-state index contributed by atoms with van der Waals surface area (Å²) in [5.41, 5.74) is -1.45. The monoisotopic (exact) mass is 542 g/mol. The quantitative estimate of drug-likeness (QED) is 0.379. The Morgan fingerprint density at radius 1 is 1.19 bits per heavy atom. The summed E-state index contributed by atoms with van der Waals surface area (Å²) < 4.78 is 42.7. The van der Waals surface area contributed by atoms with Crippen LogP contribution in [-0.4, -0.2) is 41.3 Å². The third kappa shape index (κ3) is 5.10. The van der Waals surface area contributed by atoms with Crippen molar-refractivity contribution in [2.45, 2.75) is 57.4 Å². The molecule has 11 heteroatoms. The minimum Gasteiger partial charge on any atom is -0.374 e. The number of oxime groups is 1. The fourth-order valence-corrected chi connectivity index (χ4v) is 4.93. The molecule has 2 atom stereocenters. The number of aryl methyl sites for hydroxylation is 1. The molecule has 2 aromatic carbocycles. The highest BCUT2D eigenvalue weighted by atomic mass is 35.5. The molecule has 1 saturated heterocycles. The molecule has 2 heterocycles. The number of rotatable bonds is 7. The maximum atomic E-state index is 14.2. The van der Waals surface area contributed by atoms with Gasteiger partial charge in [0, 0.05) is 40.6 Å². The zero-order valence-electron chi connectivity index (χ0n) is 19.5. The van der Waals surface area contributed by atoms with Crippen LogP contribution in [0, 0.1) is 6.92 Å². The zero-order valence-corrected chi connectivity index (χ0v) is 21.0. The Morgan fingerprint density at radius 3 is 2.47 bits per heavy atom. The lowest BCUT2D eigenvalue weighted by Crippen LogP contribution is -2.42. The molecule has 0 N–H and O–H groups in total. The van der Waals surface area contributed by atoms with Gasteiger partial charge in [-0.05, 0) is 55.7 Å². The molecule has 0 radical (unpaired) electrons. The standard InChI is InChI=1S/C25H23Cl2F3N2O4/c1-3-32-23(34)12-19(35-32)5-7-22(33)20-6-4-15(8-14(20)2)21-13-24(36-31-21,25(28,29)30)16-9-17(26)11-18(27)10-16/h4,6,8-11,19H,3,5,7,12-13H2,1-2H3. The van der Waals surface area contributed by atoms with Crippen molar-refractivity contribution in [2.75, 3.05) is 6.54 Å². The molecule has 1 fully saturated rings. The fraction of sp³-hybridized carbons (Fsp3) is 0.400. The molecular weight excluding hydrogens is 520 g/mol. The third-order valence-electron chi connectivity index (χ3n) is 6.31. The van der Waals surface area contributed by atoms with Gasteiger partial charge in [-0.3, -0.25) is 14.4 Å². The van der Waals surface area contributed by atoms with Crippen LogP contribution >= 0.6 is 23.2 Å². The number of carbonyl (C=O) groups excluding carboxylic acids is 2. The number of benzene rings is 2. The van der Waals surface area contributed by atoms with Gasteiger partial charge in [0.1, 0.15) is 0 Å². The Hall–Kier alpha value is -2.62. The van der Waals surface area contributed by atoms with Gasteiger partial charge in [0.15, 0.2) is 5.78 Å². The van der Waals surface area contributed by atoms with Crippen molar-refractivity contribution in [3.8, 4) is 0 Å². The van der Waals surface area contributed by atoms with Crippen LogP contribution in [0.1, 0.15) is 59.7 Å². The lowest BCUT2D eigenvalue weighted by Gasteiger charge is -2.29. The van der Waals surface area contributed by atoms with Crippen molar-refractivity contribution in [1.82, 2.24) is 5.06 Å². The molecule has 2 unspecified atom stereocenters. The van der Waals surface area contributed by atoms with E-state index in [1.807, 2.05) is 0 Å². The molecular formula is C25H23Cl2F3N2O4. The predicted octanol–water partition coefficient (Wildman–Crippen LogP) is 6.40. The second kappa shape index (κ2) is 10.0. The number of Topliss-reactive ketones (excluding diaryl/α,β-unsaturated/α-hetero) is 1. The highest BCUT2D eigenvalue weighted by Crippen LogP contribution is 2.49. The number of ketones is 1. The highest BCUT2D eigenvalue weighted by molar-refractivity contribution is 6.34. The molecule has 36 heavy (non-hydrogen) atoms. The number of hydrogen-bond donors (Lipinski definition) is 0. The van der Waals surface area contributed by atoms with Gasteiger partial charge in [0.25, 0.3) is 5.60 Å². The van der Waals surface area contributed by atoms with Crippen LogP contribution in [0.5, 0.6) is 0 Å². The van der Waals surface area contributed by atoms with Gasteiger partial charge in [0.2, 0.25) is 5.91 Å². The number of carbonyl (C=O) groups is 2. The molecule has 2 aromatic rings. The Balaban J connectivity index is 1.49. The average molecular weight is 543 g/mol. The summed E-state index contributed by atoms with van der Waals surface area (Å²) in [6.07, 6.45) is -4.93. The minimum atomic E-state index is -4.80. The van der Waals surface area contributed by atoms with Crippen molar-refractivity contribution in [1.29, 1.82) is 0 Å². The normalized spacial score (nSPS) is 22.1. The van der Waals surface area contributed by atoms with Crippen LogP contribution < -0.4 is 0 Å². The van der Waals surface area contributed by atoms with Crippen LogP contribution in [0.15, 0.2) is 41.6 Å². The van der Waals surface area contributed by atoms with Crippen LogP contribution in [0.3, 0.4) is 0 Å². The van der Waals surface area contributed by atoms with Crippen molar-refractivity contribution in [3.05, 3.63) is 68.7 Å². The molecule has 0 bridgehead atoms. The Bertz CT molecular complexity index is 1210. The Labute approximate surface area is 215 Å². The summed E-state index contributed by atoms with van der Waals surface area (Å²) in [7, 11) is 0. The van der Waals surface area contributed by atoms with E-state index in [4.69, 9.17) is 32.9 Å². The molecule has 2 aliphatic rings. The Kier molecular flexibility index (Phi) is 7.37. The number of nitrogens with zero attached hydrogens (tertiary/aromatic N) is 2. The molecule has 2 aliphatic heterocycles. The lowest BCUT2D eigenvalue weighted by atomic mass is 9.86. The second-order valence-electron chi connectivity index (χ2n) is 8.80. The summed E-state index contributed by atoms with van der Waals surface area (Å²) in [5, 5.41) is 5.15. The molecule has 0 aliphatic carbocycles. The minimum absolute atomic E-state index is 0.0478. The topological polar surface area (TPSA) is 68.2 Å². The molecule has 0 saturated carbocycles. The van der Waals surface area contributed by atoms with E-state index in [2.05, 4.69) is 5.16 Å². The molecule has 0 aromatic heterocycles. The van der Waals surface area contributed by atoms with E-state index in [9.17, 15) is 22.8 Å². The van der Waals surface area contributed by atoms with Gasteiger partial charge in [0.05, 0.1) is 18.2 Å². The van der Waals surface area contributed by atoms with Crippen LogP contribution in [0.4, 0.5) is 13.2 Å². The number of halogens is 5. The summed E-state index contributed by atoms with van der Waals surface area (Å²) in [6, 6.07) is 8.39. The molecule has 1 amide bonds. The largest absolute Gasteiger partial charge is 0.435 e. The van der Waals surface area contributed by atoms with Gasteiger partial charge in [-0.25, -0.2) is 5.06 Å². The smallest absolute Gasteiger partial charge is 0.374 e. The van der Waals surface area contributed by atoms with Crippen molar-refractivity contribution in [3.63, 3.8) is 0 Å². The summed E-state index contributed by atoms with van der Waals surface area (Å²) in [5.74, 6) is -0.252. The second-order valence-corrected chi connectivity index (χ2v) is 9.67. The molecule has 6 nitrogen and oxygen atoms in total. The van der Waals surface area contributed by atoms with Gasteiger partial charge in [-0.15, -0.1) is 0 Å². The van der Waals surface area contributed by atoms with Crippen molar-refractivity contribution < 1.29 is 32.4 Å². The SMILES string of the molecule is CCN1OC(CCC(=O)c2ccc(C3=NOC(c4cc(Cl)cc(Cl)c4)(C(F)(F)F)C3)cc2C)CC1=O. The number of hydroxylamine groups is 2.